The Morgan fingerprint density at radius 3 is 2.60 bits per heavy atom. The number of thioether (sulfide) groups is 1. The Labute approximate surface area is 128 Å². The molecule has 0 bridgehead atoms. The predicted octanol–water partition coefficient (Wildman–Crippen LogP) is 3.73. The minimum Gasteiger partial charge on any atom is -0.337 e. The van der Waals surface area contributed by atoms with E-state index in [0.29, 0.717) is 17.1 Å². The number of amides is 1. The lowest BCUT2D eigenvalue weighted by molar-refractivity contribution is 0.0785. The van der Waals surface area contributed by atoms with Crippen LogP contribution in [0.3, 0.4) is 0 Å². The largest absolute Gasteiger partial charge is 0.337 e. The molecule has 1 aromatic carbocycles. The molecular formula is C15H15ClN2OS. The minimum atomic E-state index is -0.128. The summed E-state index contributed by atoms with van der Waals surface area (Å²) in [4.78, 5) is 19.1. The van der Waals surface area contributed by atoms with Crippen LogP contribution in [0.2, 0.25) is 5.02 Å². The number of hydrogen-bond donors (Lipinski definition) is 0. The SMILES string of the molecule is CSc1ccc(CN(C)C(=O)c2cnccc2Cl)cc1. The first-order valence-corrected chi connectivity index (χ1v) is 7.70. The third-order valence-electron chi connectivity index (χ3n) is 2.92. The van der Waals surface area contributed by atoms with E-state index in [1.165, 1.54) is 11.1 Å². The van der Waals surface area contributed by atoms with E-state index in [4.69, 9.17) is 11.6 Å². The lowest BCUT2D eigenvalue weighted by Gasteiger charge is -2.18. The molecule has 3 nitrogen and oxygen atoms in total. The van der Waals surface area contributed by atoms with Gasteiger partial charge in [0, 0.05) is 30.9 Å². The molecule has 0 spiro atoms. The van der Waals surface area contributed by atoms with Crippen molar-refractivity contribution in [2.24, 2.45) is 0 Å². The summed E-state index contributed by atoms with van der Waals surface area (Å²) in [6.07, 6.45) is 5.10. The van der Waals surface area contributed by atoms with Gasteiger partial charge in [-0.15, -0.1) is 11.8 Å². The van der Waals surface area contributed by atoms with Gasteiger partial charge < -0.3 is 4.90 Å². The van der Waals surface area contributed by atoms with Crippen molar-refractivity contribution in [3.63, 3.8) is 0 Å². The Bertz CT molecular complexity index is 601. The van der Waals surface area contributed by atoms with E-state index in [1.807, 2.05) is 18.4 Å². The molecule has 104 valence electrons. The fraction of sp³-hybridized carbons (Fsp3) is 0.200. The molecule has 0 aliphatic heterocycles. The molecule has 1 aromatic heterocycles. The molecule has 1 heterocycles. The maximum absolute atomic E-state index is 12.3. The number of pyridine rings is 1. The quantitative estimate of drug-likeness (QED) is 0.807. The highest BCUT2D eigenvalue weighted by Gasteiger charge is 2.15. The van der Waals surface area contributed by atoms with Gasteiger partial charge in [-0.1, -0.05) is 23.7 Å². The standard InChI is InChI=1S/C15H15ClN2OS/c1-18(10-11-3-5-12(20-2)6-4-11)15(19)13-9-17-8-7-14(13)16/h3-9H,10H2,1-2H3. The van der Waals surface area contributed by atoms with Gasteiger partial charge in [-0.25, -0.2) is 0 Å². The average molecular weight is 307 g/mol. The molecule has 5 heteroatoms. The maximum Gasteiger partial charge on any atom is 0.256 e. The number of aromatic nitrogens is 1. The van der Waals surface area contributed by atoms with Gasteiger partial charge in [-0.3, -0.25) is 9.78 Å². The highest BCUT2D eigenvalue weighted by atomic mass is 35.5. The van der Waals surface area contributed by atoms with Crippen molar-refractivity contribution in [2.45, 2.75) is 11.4 Å². The maximum atomic E-state index is 12.3. The Morgan fingerprint density at radius 1 is 1.30 bits per heavy atom. The molecule has 0 radical (unpaired) electrons. The van der Waals surface area contributed by atoms with Gasteiger partial charge in [-0.2, -0.15) is 0 Å². The van der Waals surface area contributed by atoms with Crippen molar-refractivity contribution >= 4 is 29.3 Å². The number of rotatable bonds is 4. The van der Waals surface area contributed by atoms with Crippen LogP contribution in [0.5, 0.6) is 0 Å². The lowest BCUT2D eigenvalue weighted by atomic mass is 10.2. The number of benzene rings is 1. The van der Waals surface area contributed by atoms with Crippen LogP contribution in [-0.2, 0) is 6.54 Å². The van der Waals surface area contributed by atoms with Gasteiger partial charge in [0.15, 0.2) is 0 Å². The minimum absolute atomic E-state index is 0.128. The second-order valence-corrected chi connectivity index (χ2v) is 5.65. The van der Waals surface area contributed by atoms with E-state index in [0.717, 1.165) is 5.56 Å². The Balaban J connectivity index is 2.09. The third kappa shape index (κ3) is 3.52. The third-order valence-corrected chi connectivity index (χ3v) is 4.00. The Hall–Kier alpha value is -1.52. The highest BCUT2D eigenvalue weighted by Crippen LogP contribution is 2.18. The lowest BCUT2D eigenvalue weighted by Crippen LogP contribution is -2.26. The Morgan fingerprint density at radius 2 is 2.00 bits per heavy atom. The number of nitrogens with zero attached hydrogens (tertiary/aromatic N) is 2. The van der Waals surface area contributed by atoms with Crippen molar-refractivity contribution in [3.8, 4) is 0 Å². The van der Waals surface area contributed by atoms with E-state index in [-0.39, 0.29) is 5.91 Å². The molecule has 0 saturated heterocycles. The van der Waals surface area contributed by atoms with Gasteiger partial charge in [0.1, 0.15) is 0 Å². The van der Waals surface area contributed by atoms with Gasteiger partial charge in [-0.05, 0) is 30.0 Å². The Kier molecular flexibility index (Phi) is 5.04. The molecule has 0 aliphatic carbocycles. The van der Waals surface area contributed by atoms with Crippen LogP contribution in [0, 0.1) is 0 Å². The summed E-state index contributed by atoms with van der Waals surface area (Å²) in [6.45, 7) is 0.540. The van der Waals surface area contributed by atoms with Gasteiger partial charge in [0.2, 0.25) is 0 Å². The number of carbonyl (C=O) groups excluding carboxylic acids is 1. The summed E-state index contributed by atoms with van der Waals surface area (Å²) in [5, 5.41) is 0.426. The van der Waals surface area contributed by atoms with E-state index in [1.54, 1.807) is 36.0 Å². The second kappa shape index (κ2) is 6.77. The highest BCUT2D eigenvalue weighted by molar-refractivity contribution is 7.98. The average Bonchev–Trinajstić information content (AvgIpc) is 2.48. The zero-order chi connectivity index (χ0) is 14.5. The van der Waals surface area contributed by atoms with Crippen molar-refractivity contribution in [1.29, 1.82) is 0 Å². The van der Waals surface area contributed by atoms with Crippen LogP contribution in [0.1, 0.15) is 15.9 Å². The van der Waals surface area contributed by atoms with Crippen molar-refractivity contribution in [2.75, 3.05) is 13.3 Å². The molecular weight excluding hydrogens is 292 g/mol. The molecule has 0 N–H and O–H groups in total. The smallest absolute Gasteiger partial charge is 0.256 e. The molecule has 0 atom stereocenters. The van der Waals surface area contributed by atoms with Crippen molar-refractivity contribution < 1.29 is 4.79 Å². The number of hydrogen-bond acceptors (Lipinski definition) is 3. The molecule has 20 heavy (non-hydrogen) atoms. The van der Waals surface area contributed by atoms with Gasteiger partial charge in [0.05, 0.1) is 10.6 Å². The molecule has 0 aliphatic rings. The zero-order valence-corrected chi connectivity index (χ0v) is 12.9. The van der Waals surface area contributed by atoms with Gasteiger partial charge in [0.25, 0.3) is 5.91 Å². The predicted molar refractivity (Wildman–Crippen MR) is 83.3 cm³/mol. The van der Waals surface area contributed by atoms with Crippen LogP contribution < -0.4 is 0 Å². The van der Waals surface area contributed by atoms with Gasteiger partial charge >= 0.3 is 0 Å². The summed E-state index contributed by atoms with van der Waals surface area (Å²) in [6, 6.07) is 9.78. The molecule has 2 aromatic rings. The monoisotopic (exact) mass is 306 g/mol. The first-order valence-electron chi connectivity index (χ1n) is 6.09. The summed E-state index contributed by atoms with van der Waals surface area (Å²) in [5.41, 5.74) is 1.51. The molecule has 1 amide bonds. The van der Waals surface area contributed by atoms with Crippen LogP contribution in [0.15, 0.2) is 47.6 Å². The second-order valence-electron chi connectivity index (χ2n) is 4.36. The fourth-order valence-corrected chi connectivity index (χ4v) is 2.41. The topological polar surface area (TPSA) is 33.2 Å². The van der Waals surface area contributed by atoms with Crippen molar-refractivity contribution in [3.05, 3.63) is 58.9 Å². The first kappa shape index (κ1) is 14.9. The molecule has 0 saturated carbocycles. The normalized spacial score (nSPS) is 10.3. The van der Waals surface area contributed by atoms with Crippen LogP contribution in [0.25, 0.3) is 0 Å². The molecule has 0 unspecified atom stereocenters. The first-order chi connectivity index (χ1) is 9.61. The summed E-state index contributed by atoms with van der Waals surface area (Å²) in [5.74, 6) is -0.128. The number of carbonyl (C=O) groups is 1. The molecule has 2 rings (SSSR count). The summed E-state index contributed by atoms with van der Waals surface area (Å²) < 4.78 is 0. The van der Waals surface area contributed by atoms with Crippen molar-refractivity contribution in [1.82, 2.24) is 9.88 Å². The van der Waals surface area contributed by atoms with E-state index in [9.17, 15) is 4.79 Å². The number of halogens is 1. The zero-order valence-electron chi connectivity index (χ0n) is 11.3. The fourth-order valence-electron chi connectivity index (χ4n) is 1.82. The summed E-state index contributed by atoms with van der Waals surface area (Å²) in [7, 11) is 1.76. The van der Waals surface area contributed by atoms with E-state index in [2.05, 4.69) is 17.1 Å². The molecule has 0 fully saturated rings. The van der Waals surface area contributed by atoms with E-state index >= 15 is 0 Å². The van der Waals surface area contributed by atoms with Crippen LogP contribution >= 0.6 is 23.4 Å². The summed E-state index contributed by atoms with van der Waals surface area (Å²) >= 11 is 7.71. The van der Waals surface area contributed by atoms with Crippen LogP contribution in [-0.4, -0.2) is 29.1 Å². The van der Waals surface area contributed by atoms with Crippen LogP contribution in [0.4, 0.5) is 0 Å². The van der Waals surface area contributed by atoms with E-state index < -0.39 is 0 Å².